The van der Waals surface area contributed by atoms with Crippen LogP contribution in [-0.2, 0) is 0 Å². The Morgan fingerprint density at radius 3 is 2.37 bits per heavy atom. The Balaban J connectivity index is 2.72. The summed E-state index contributed by atoms with van der Waals surface area (Å²) in [7, 11) is 0. The average Bonchev–Trinajstić information content (AvgIpc) is 2.40. The Morgan fingerprint density at radius 2 is 1.89 bits per heavy atom. The number of hydrogen-bond donors (Lipinski definition) is 2. The summed E-state index contributed by atoms with van der Waals surface area (Å²) in [4.78, 5) is 0. The van der Waals surface area contributed by atoms with Crippen LogP contribution in [-0.4, -0.2) is 18.3 Å². The zero-order valence-electron chi connectivity index (χ0n) is 11.8. The maximum Gasteiger partial charge on any atom is 0.0499 e. The van der Waals surface area contributed by atoms with Gasteiger partial charge < -0.3 is 10.4 Å². The van der Waals surface area contributed by atoms with Gasteiger partial charge in [-0.2, -0.15) is 0 Å². The Kier molecular flexibility index (Phi) is 7.01. The average molecular weight is 393 g/mol. The van der Waals surface area contributed by atoms with Gasteiger partial charge in [-0.05, 0) is 37.5 Å². The van der Waals surface area contributed by atoms with Gasteiger partial charge >= 0.3 is 0 Å². The third kappa shape index (κ3) is 4.55. The van der Waals surface area contributed by atoms with E-state index in [0.29, 0.717) is 0 Å². The van der Waals surface area contributed by atoms with Crippen LogP contribution in [0.5, 0.6) is 0 Å². The summed E-state index contributed by atoms with van der Waals surface area (Å²) in [5.74, 6) is 0. The van der Waals surface area contributed by atoms with E-state index in [9.17, 15) is 5.11 Å². The second-order valence-corrected chi connectivity index (χ2v) is 6.90. The molecule has 0 aliphatic carbocycles. The first-order valence-corrected chi connectivity index (χ1v) is 8.35. The fraction of sp³-hybridized carbons (Fsp3) is 0.600. The zero-order chi connectivity index (χ0) is 14.5. The molecule has 1 atom stereocenters. The van der Waals surface area contributed by atoms with Crippen LogP contribution in [0.25, 0.3) is 0 Å². The van der Waals surface area contributed by atoms with Crippen LogP contribution in [0.15, 0.2) is 27.1 Å². The molecule has 0 aliphatic rings. The summed E-state index contributed by atoms with van der Waals surface area (Å²) >= 11 is 7.07. The van der Waals surface area contributed by atoms with Gasteiger partial charge in [0.1, 0.15) is 0 Å². The molecule has 108 valence electrons. The van der Waals surface area contributed by atoms with E-state index in [1.807, 2.05) is 0 Å². The van der Waals surface area contributed by atoms with Crippen LogP contribution in [0.2, 0.25) is 0 Å². The maximum absolute atomic E-state index is 9.60. The molecule has 1 rings (SSSR count). The van der Waals surface area contributed by atoms with Crippen molar-refractivity contribution in [3.63, 3.8) is 0 Å². The Morgan fingerprint density at radius 1 is 1.26 bits per heavy atom. The van der Waals surface area contributed by atoms with Crippen molar-refractivity contribution >= 4 is 31.9 Å². The highest BCUT2D eigenvalue weighted by molar-refractivity contribution is 9.11. The molecule has 0 heterocycles. The Hall–Kier alpha value is 0.1000. The minimum atomic E-state index is -0.00387. The molecule has 4 heteroatoms. The number of rotatable bonds is 7. The van der Waals surface area contributed by atoms with Gasteiger partial charge in [-0.25, -0.2) is 0 Å². The quantitative estimate of drug-likeness (QED) is 0.707. The number of aliphatic hydroxyl groups excluding tert-OH is 1. The molecule has 1 unspecified atom stereocenters. The smallest absolute Gasteiger partial charge is 0.0499 e. The highest BCUT2D eigenvalue weighted by Crippen LogP contribution is 2.29. The van der Waals surface area contributed by atoms with Crippen molar-refractivity contribution in [2.45, 2.75) is 39.7 Å². The van der Waals surface area contributed by atoms with E-state index in [4.69, 9.17) is 0 Å². The molecule has 1 aromatic rings. The normalized spacial score (nSPS) is 13.6. The zero-order valence-corrected chi connectivity index (χ0v) is 15.0. The van der Waals surface area contributed by atoms with Gasteiger partial charge in [-0.15, -0.1) is 0 Å². The molecule has 0 fully saturated rings. The molecule has 1 aromatic carbocycles. The van der Waals surface area contributed by atoms with Crippen molar-refractivity contribution < 1.29 is 5.11 Å². The molecular weight excluding hydrogens is 370 g/mol. The van der Waals surface area contributed by atoms with Crippen LogP contribution in [0.3, 0.4) is 0 Å². The van der Waals surface area contributed by atoms with Crippen LogP contribution < -0.4 is 5.32 Å². The van der Waals surface area contributed by atoms with Gasteiger partial charge in [0.15, 0.2) is 0 Å². The third-order valence-electron chi connectivity index (χ3n) is 4.05. The van der Waals surface area contributed by atoms with Crippen LogP contribution >= 0.6 is 31.9 Å². The van der Waals surface area contributed by atoms with Crippen LogP contribution in [0.4, 0.5) is 0 Å². The standard InChI is InChI=1S/C15H23Br2NO/c1-4-15(5-2,10-19)9-18-11(3)13-7-6-12(16)8-14(13)17/h6-8,11,18-19H,4-5,9-10H2,1-3H3. The van der Waals surface area contributed by atoms with Gasteiger partial charge in [0.05, 0.1) is 0 Å². The van der Waals surface area contributed by atoms with E-state index in [-0.39, 0.29) is 18.1 Å². The lowest BCUT2D eigenvalue weighted by atomic mass is 9.83. The monoisotopic (exact) mass is 391 g/mol. The highest BCUT2D eigenvalue weighted by Gasteiger charge is 2.25. The fourth-order valence-electron chi connectivity index (χ4n) is 2.11. The second-order valence-electron chi connectivity index (χ2n) is 5.13. The molecule has 2 N–H and O–H groups in total. The van der Waals surface area contributed by atoms with E-state index >= 15 is 0 Å². The topological polar surface area (TPSA) is 32.3 Å². The number of benzene rings is 1. The first-order valence-electron chi connectivity index (χ1n) is 6.77. The number of halogens is 2. The summed E-state index contributed by atoms with van der Waals surface area (Å²) in [6, 6.07) is 6.49. The number of aliphatic hydroxyl groups is 1. The van der Waals surface area contributed by atoms with Crippen molar-refractivity contribution in [2.75, 3.05) is 13.2 Å². The van der Waals surface area contributed by atoms with Crippen molar-refractivity contribution in [1.82, 2.24) is 5.32 Å². The van der Waals surface area contributed by atoms with E-state index in [0.717, 1.165) is 28.3 Å². The number of hydrogen-bond acceptors (Lipinski definition) is 2. The van der Waals surface area contributed by atoms with Crippen LogP contribution in [0.1, 0.15) is 45.2 Å². The summed E-state index contributed by atoms with van der Waals surface area (Å²) < 4.78 is 2.17. The van der Waals surface area contributed by atoms with Gasteiger partial charge in [0.25, 0.3) is 0 Å². The van der Waals surface area contributed by atoms with E-state index in [1.165, 1.54) is 5.56 Å². The second kappa shape index (κ2) is 7.77. The minimum absolute atomic E-state index is 0.00387. The van der Waals surface area contributed by atoms with Crippen molar-refractivity contribution in [3.8, 4) is 0 Å². The molecule has 0 amide bonds. The first-order chi connectivity index (χ1) is 8.98. The molecule has 0 radical (unpaired) electrons. The summed E-state index contributed by atoms with van der Waals surface area (Å²) in [5.41, 5.74) is 1.23. The predicted octanol–water partition coefficient (Wildman–Crippen LogP) is 4.66. The predicted molar refractivity (Wildman–Crippen MR) is 88.4 cm³/mol. The SMILES string of the molecule is CCC(CC)(CO)CNC(C)c1ccc(Br)cc1Br. The fourth-order valence-corrected chi connectivity index (χ4v) is 3.50. The van der Waals surface area contributed by atoms with Gasteiger partial charge in [0.2, 0.25) is 0 Å². The van der Waals surface area contributed by atoms with Gasteiger partial charge in [-0.1, -0.05) is 51.8 Å². The molecule has 0 aromatic heterocycles. The van der Waals surface area contributed by atoms with Gasteiger partial charge in [-0.3, -0.25) is 0 Å². The maximum atomic E-state index is 9.60. The summed E-state index contributed by atoms with van der Waals surface area (Å²) in [5, 5.41) is 13.1. The van der Waals surface area contributed by atoms with E-state index in [2.05, 4.69) is 76.1 Å². The molecular formula is C15H23Br2NO. The van der Waals surface area contributed by atoms with Gasteiger partial charge in [0, 0.05) is 33.6 Å². The Bertz CT molecular complexity index is 397. The lowest BCUT2D eigenvalue weighted by molar-refractivity contribution is 0.110. The molecule has 0 aliphatic heterocycles. The van der Waals surface area contributed by atoms with E-state index in [1.54, 1.807) is 0 Å². The molecule has 19 heavy (non-hydrogen) atoms. The Labute approximate surface area is 133 Å². The van der Waals surface area contributed by atoms with Crippen molar-refractivity contribution in [3.05, 3.63) is 32.7 Å². The third-order valence-corrected chi connectivity index (χ3v) is 5.23. The van der Waals surface area contributed by atoms with Crippen molar-refractivity contribution in [1.29, 1.82) is 0 Å². The molecule has 0 bridgehead atoms. The molecule has 0 saturated heterocycles. The van der Waals surface area contributed by atoms with Crippen molar-refractivity contribution in [2.24, 2.45) is 5.41 Å². The minimum Gasteiger partial charge on any atom is -0.396 e. The molecule has 2 nitrogen and oxygen atoms in total. The lowest BCUT2D eigenvalue weighted by Gasteiger charge is -2.31. The van der Waals surface area contributed by atoms with E-state index < -0.39 is 0 Å². The first kappa shape index (κ1) is 17.2. The summed E-state index contributed by atoms with van der Waals surface area (Å²) in [6.45, 7) is 7.51. The molecule has 0 saturated carbocycles. The molecule has 0 spiro atoms. The lowest BCUT2D eigenvalue weighted by Crippen LogP contribution is -2.37. The summed E-state index contributed by atoms with van der Waals surface area (Å²) in [6.07, 6.45) is 1.97. The van der Waals surface area contributed by atoms with Crippen LogP contribution in [0, 0.1) is 5.41 Å². The number of nitrogens with one attached hydrogen (secondary N) is 1. The largest absolute Gasteiger partial charge is 0.396 e. The highest BCUT2D eigenvalue weighted by atomic mass is 79.9.